The predicted octanol–water partition coefficient (Wildman–Crippen LogP) is 1.03. The number of nitrogens with one attached hydrogen (secondary N) is 1. The molecule has 0 aromatic carbocycles. The highest BCUT2D eigenvalue weighted by Gasteiger charge is 2.34. The van der Waals surface area contributed by atoms with Gasteiger partial charge in [-0.3, -0.25) is 0 Å². The van der Waals surface area contributed by atoms with Crippen molar-refractivity contribution in [3.8, 4) is 0 Å². The van der Waals surface area contributed by atoms with Crippen LogP contribution in [-0.2, 0) is 27.8 Å². The van der Waals surface area contributed by atoms with Crippen LogP contribution in [0.1, 0.15) is 26.5 Å². The number of sulfonamides is 1. The van der Waals surface area contributed by atoms with Crippen LogP contribution in [0.2, 0.25) is 0 Å². The zero-order chi connectivity index (χ0) is 15.6. The number of rotatable bonds is 5. The van der Waals surface area contributed by atoms with E-state index >= 15 is 0 Å². The summed E-state index contributed by atoms with van der Waals surface area (Å²) < 4.78 is 34.8. The Kier molecular flexibility index (Phi) is 5.08. The van der Waals surface area contributed by atoms with Gasteiger partial charge in [0.15, 0.2) is 0 Å². The number of aromatic nitrogens is 1. The highest BCUT2D eigenvalue weighted by molar-refractivity contribution is 7.89. The highest BCUT2D eigenvalue weighted by Crippen LogP contribution is 2.24. The van der Waals surface area contributed by atoms with E-state index in [-0.39, 0.29) is 12.1 Å². The Morgan fingerprint density at radius 1 is 1.43 bits per heavy atom. The molecule has 0 radical (unpaired) electrons. The number of aryl methyl sites for hydroxylation is 1. The Morgan fingerprint density at radius 3 is 2.76 bits per heavy atom. The van der Waals surface area contributed by atoms with E-state index in [4.69, 9.17) is 4.74 Å². The van der Waals surface area contributed by atoms with Crippen molar-refractivity contribution in [3.05, 3.63) is 18.0 Å². The molecular formula is C14H25N3O3S. The molecule has 0 saturated carbocycles. The summed E-state index contributed by atoms with van der Waals surface area (Å²) >= 11 is 0. The minimum atomic E-state index is -3.47. The lowest BCUT2D eigenvalue weighted by Gasteiger charge is -2.35. The molecule has 0 aliphatic carbocycles. The molecule has 7 heteroatoms. The van der Waals surface area contributed by atoms with Crippen LogP contribution < -0.4 is 5.32 Å². The van der Waals surface area contributed by atoms with E-state index in [1.54, 1.807) is 16.6 Å². The minimum absolute atomic E-state index is 0.0685. The van der Waals surface area contributed by atoms with Crippen molar-refractivity contribution in [2.24, 2.45) is 0 Å². The predicted molar refractivity (Wildman–Crippen MR) is 81.6 cm³/mol. The van der Waals surface area contributed by atoms with E-state index in [1.807, 2.05) is 32.4 Å². The van der Waals surface area contributed by atoms with E-state index in [9.17, 15) is 8.42 Å². The number of morpholine rings is 1. The van der Waals surface area contributed by atoms with E-state index in [1.165, 1.54) is 0 Å². The lowest BCUT2D eigenvalue weighted by Crippen LogP contribution is -2.49. The molecule has 1 N–H and O–H groups in total. The maximum atomic E-state index is 12.9. The van der Waals surface area contributed by atoms with Crippen LogP contribution in [0, 0.1) is 0 Å². The highest BCUT2D eigenvalue weighted by atomic mass is 32.2. The molecule has 0 amide bonds. The summed E-state index contributed by atoms with van der Waals surface area (Å²) in [5.41, 5.74) is 0.979. The minimum Gasteiger partial charge on any atom is -0.375 e. The Hall–Kier alpha value is -0.890. The molecule has 21 heavy (non-hydrogen) atoms. The van der Waals surface area contributed by atoms with E-state index in [0.717, 1.165) is 12.2 Å². The van der Waals surface area contributed by atoms with Crippen molar-refractivity contribution in [1.82, 2.24) is 14.2 Å². The fourth-order valence-electron chi connectivity index (χ4n) is 2.63. The Morgan fingerprint density at radius 2 is 2.14 bits per heavy atom. The zero-order valence-corrected chi connectivity index (χ0v) is 14.0. The van der Waals surface area contributed by atoms with Gasteiger partial charge < -0.3 is 14.6 Å². The summed E-state index contributed by atoms with van der Waals surface area (Å²) in [5, 5.41) is 3.07. The number of hydrogen-bond donors (Lipinski definition) is 1. The molecule has 2 rings (SSSR count). The quantitative estimate of drug-likeness (QED) is 0.881. The Labute approximate surface area is 127 Å². The zero-order valence-electron chi connectivity index (χ0n) is 13.2. The third kappa shape index (κ3) is 3.31. The molecule has 1 aromatic rings. The number of ether oxygens (including phenoxy) is 1. The Bertz CT molecular complexity index is 582. The first-order valence-corrected chi connectivity index (χ1v) is 8.81. The molecule has 0 bridgehead atoms. The largest absolute Gasteiger partial charge is 0.375 e. The van der Waals surface area contributed by atoms with Crippen LogP contribution in [0.25, 0.3) is 0 Å². The van der Waals surface area contributed by atoms with Gasteiger partial charge >= 0.3 is 0 Å². The van der Waals surface area contributed by atoms with Crippen LogP contribution in [0.3, 0.4) is 0 Å². The van der Waals surface area contributed by atoms with Gasteiger partial charge in [-0.1, -0.05) is 0 Å². The van der Waals surface area contributed by atoms with Crippen molar-refractivity contribution in [3.63, 3.8) is 0 Å². The second kappa shape index (κ2) is 6.48. The summed E-state index contributed by atoms with van der Waals surface area (Å²) in [6, 6.07) is 1.63. The first kappa shape index (κ1) is 16.5. The lowest BCUT2D eigenvalue weighted by atomic mass is 10.2. The van der Waals surface area contributed by atoms with Gasteiger partial charge in [-0.15, -0.1) is 0 Å². The first-order valence-electron chi connectivity index (χ1n) is 7.37. The average molecular weight is 315 g/mol. The number of nitrogens with zero attached hydrogens (tertiary/aromatic N) is 2. The first-order chi connectivity index (χ1) is 9.90. The SMILES string of the molecule is CCn1cc(S(=O)(=O)N2CC(C)OCC2C)cc1CNC. The van der Waals surface area contributed by atoms with Crippen molar-refractivity contribution in [1.29, 1.82) is 0 Å². The molecule has 6 nitrogen and oxygen atoms in total. The van der Waals surface area contributed by atoms with Crippen LogP contribution in [0.4, 0.5) is 0 Å². The van der Waals surface area contributed by atoms with Crippen molar-refractivity contribution in [2.45, 2.75) is 50.9 Å². The van der Waals surface area contributed by atoms with Gasteiger partial charge in [-0.2, -0.15) is 4.31 Å². The molecule has 1 fully saturated rings. The van der Waals surface area contributed by atoms with E-state index in [0.29, 0.717) is 24.6 Å². The van der Waals surface area contributed by atoms with Crippen LogP contribution in [0.5, 0.6) is 0 Å². The smallest absolute Gasteiger partial charge is 0.245 e. The summed E-state index contributed by atoms with van der Waals surface area (Å²) in [6.07, 6.45) is 1.66. The summed E-state index contributed by atoms with van der Waals surface area (Å²) in [7, 11) is -1.62. The van der Waals surface area contributed by atoms with Gasteiger partial charge in [0.2, 0.25) is 10.0 Å². The molecule has 1 aliphatic heterocycles. The van der Waals surface area contributed by atoms with Crippen LogP contribution >= 0.6 is 0 Å². The van der Waals surface area contributed by atoms with Gasteiger partial charge in [-0.05, 0) is 33.9 Å². The standard InChI is InChI=1S/C14H25N3O3S/c1-5-16-9-14(6-13(16)7-15-4)21(18,19)17-8-12(3)20-10-11(17)2/h6,9,11-12,15H,5,7-8,10H2,1-4H3. The summed E-state index contributed by atoms with van der Waals surface area (Å²) in [5.74, 6) is 0. The normalized spacial score (nSPS) is 24.4. The molecule has 0 spiro atoms. The fourth-order valence-corrected chi connectivity index (χ4v) is 4.39. The molecule has 2 unspecified atom stereocenters. The van der Waals surface area contributed by atoms with Crippen molar-refractivity contribution in [2.75, 3.05) is 20.2 Å². The molecular weight excluding hydrogens is 290 g/mol. The average Bonchev–Trinajstić information content (AvgIpc) is 2.85. The molecule has 1 aromatic heterocycles. The number of hydrogen-bond acceptors (Lipinski definition) is 4. The second-order valence-electron chi connectivity index (χ2n) is 5.55. The van der Waals surface area contributed by atoms with Gasteiger partial charge in [0.05, 0.1) is 12.7 Å². The maximum Gasteiger partial charge on any atom is 0.245 e. The monoisotopic (exact) mass is 315 g/mol. The molecule has 1 saturated heterocycles. The summed E-state index contributed by atoms with van der Waals surface area (Å²) in [4.78, 5) is 0.371. The molecule has 120 valence electrons. The topological polar surface area (TPSA) is 63.6 Å². The van der Waals surface area contributed by atoms with Crippen LogP contribution in [0.15, 0.2) is 17.2 Å². The van der Waals surface area contributed by atoms with Crippen molar-refractivity contribution >= 4 is 10.0 Å². The second-order valence-corrected chi connectivity index (χ2v) is 7.44. The Balaban J connectivity index is 2.34. The van der Waals surface area contributed by atoms with Gasteiger partial charge in [0, 0.05) is 37.6 Å². The van der Waals surface area contributed by atoms with Gasteiger partial charge in [0.1, 0.15) is 4.90 Å². The van der Waals surface area contributed by atoms with Gasteiger partial charge in [-0.25, -0.2) is 8.42 Å². The molecule has 2 heterocycles. The van der Waals surface area contributed by atoms with Crippen molar-refractivity contribution < 1.29 is 13.2 Å². The van der Waals surface area contributed by atoms with E-state index in [2.05, 4.69) is 5.32 Å². The third-order valence-electron chi connectivity index (χ3n) is 3.82. The molecule has 2 atom stereocenters. The fraction of sp³-hybridized carbons (Fsp3) is 0.714. The molecule has 1 aliphatic rings. The third-order valence-corrected chi connectivity index (χ3v) is 5.76. The summed E-state index contributed by atoms with van der Waals surface area (Å²) in [6.45, 7) is 8.04. The van der Waals surface area contributed by atoms with Gasteiger partial charge in [0.25, 0.3) is 0 Å². The van der Waals surface area contributed by atoms with E-state index < -0.39 is 10.0 Å². The maximum absolute atomic E-state index is 12.9. The lowest BCUT2D eigenvalue weighted by molar-refractivity contribution is -0.0170. The van der Waals surface area contributed by atoms with Crippen LogP contribution in [-0.4, -0.2) is 49.6 Å².